The number of sulfonamides is 1. The number of aromatic nitrogens is 1. The molecule has 1 amide bonds. The van der Waals surface area contributed by atoms with E-state index in [0.717, 1.165) is 30.2 Å². The Morgan fingerprint density at radius 2 is 1.82 bits per heavy atom. The summed E-state index contributed by atoms with van der Waals surface area (Å²) in [6.45, 7) is 20.7. The van der Waals surface area contributed by atoms with Crippen LogP contribution in [0.25, 0.3) is 10.9 Å². The van der Waals surface area contributed by atoms with Crippen molar-refractivity contribution in [3.63, 3.8) is 0 Å². The number of hydrogen-bond acceptors (Lipinski definition) is 5. The topological polar surface area (TPSA) is 81.1 Å². The molecule has 2 bridgehead atoms. The van der Waals surface area contributed by atoms with Crippen molar-refractivity contribution in [1.82, 2.24) is 13.6 Å². The van der Waals surface area contributed by atoms with Crippen molar-refractivity contribution < 1.29 is 22.8 Å². The SMILES string of the molecule is CCN(CC)C(=O)Oc1ccc2c(ccn2[Si](C)(C)C(C)(C)C)c1ON1C2C[C@H]3CC[C@]2(CS1(=O)=O)C3(C)C. The summed E-state index contributed by atoms with van der Waals surface area (Å²) in [5.74, 6) is 1.11. The van der Waals surface area contributed by atoms with Gasteiger partial charge in [0.15, 0.2) is 14.0 Å². The van der Waals surface area contributed by atoms with E-state index in [9.17, 15) is 13.2 Å². The standard InChI is InChI=1S/C29H45N3O5SSi/c1-10-30(11-2)26(33)36-23-13-12-22-21(15-17-31(22)39(8,9)27(3,4)5)25(23)37-32-24-18-20-14-16-29(24,28(20,6)7)19-38(32,34)35/h12-13,15,17,20,24H,10-11,14,16,18-19H2,1-9H3/t20-,24?,29-/m1/s1. The molecule has 1 saturated heterocycles. The van der Waals surface area contributed by atoms with E-state index in [4.69, 9.17) is 9.57 Å². The zero-order chi connectivity index (χ0) is 28.8. The predicted molar refractivity (Wildman–Crippen MR) is 157 cm³/mol. The Labute approximate surface area is 234 Å². The normalized spacial score (nSPS) is 27.6. The summed E-state index contributed by atoms with van der Waals surface area (Å²) < 4.78 is 36.9. The van der Waals surface area contributed by atoms with Crippen LogP contribution in [0.4, 0.5) is 4.79 Å². The van der Waals surface area contributed by atoms with Crippen LogP contribution in [0.2, 0.25) is 18.1 Å². The molecular weight excluding hydrogens is 530 g/mol. The minimum atomic E-state index is -3.68. The molecule has 1 aromatic carbocycles. The largest absolute Gasteiger partial charge is 0.415 e. The van der Waals surface area contributed by atoms with Crippen molar-refractivity contribution in [2.45, 2.75) is 91.9 Å². The number of fused-ring (bicyclic) bond motifs is 2. The van der Waals surface area contributed by atoms with E-state index in [1.54, 1.807) is 11.0 Å². The smallest absolute Gasteiger partial charge is 0.406 e. The molecule has 1 aromatic heterocycles. The van der Waals surface area contributed by atoms with Crippen molar-refractivity contribution in [3.05, 3.63) is 24.4 Å². The van der Waals surface area contributed by atoms with Crippen LogP contribution in [0.15, 0.2) is 24.4 Å². The summed E-state index contributed by atoms with van der Waals surface area (Å²) in [5.41, 5.74) is 0.562. The van der Waals surface area contributed by atoms with E-state index in [1.807, 2.05) is 26.0 Å². The van der Waals surface area contributed by atoms with Gasteiger partial charge in [-0.2, -0.15) is 0 Å². The van der Waals surface area contributed by atoms with Gasteiger partial charge < -0.3 is 18.7 Å². The van der Waals surface area contributed by atoms with Crippen molar-refractivity contribution in [3.8, 4) is 11.5 Å². The molecule has 2 saturated carbocycles. The third kappa shape index (κ3) is 3.99. The number of nitrogens with zero attached hydrogens (tertiary/aromatic N) is 3. The fourth-order valence-electron chi connectivity index (χ4n) is 7.29. The molecule has 0 radical (unpaired) electrons. The highest BCUT2D eigenvalue weighted by molar-refractivity contribution is 7.89. The average molecular weight is 576 g/mol. The number of hydrogen-bond donors (Lipinski definition) is 0. The summed E-state index contributed by atoms with van der Waals surface area (Å²) in [7, 11) is -5.69. The van der Waals surface area contributed by atoms with Crippen LogP contribution < -0.4 is 9.57 Å². The maximum atomic E-state index is 13.7. The Kier molecular flexibility index (Phi) is 6.56. The molecule has 8 nitrogen and oxygen atoms in total. The Morgan fingerprint density at radius 3 is 2.41 bits per heavy atom. The molecule has 216 valence electrons. The maximum absolute atomic E-state index is 13.7. The van der Waals surface area contributed by atoms with Gasteiger partial charge in [-0.05, 0) is 78.3 Å². The molecule has 0 N–H and O–H groups in total. The number of benzene rings is 1. The van der Waals surface area contributed by atoms with Gasteiger partial charge in [0.25, 0.3) is 0 Å². The van der Waals surface area contributed by atoms with Crippen LogP contribution >= 0.6 is 0 Å². The van der Waals surface area contributed by atoms with E-state index >= 15 is 0 Å². The summed E-state index contributed by atoms with van der Waals surface area (Å²) >= 11 is 0. The number of hydroxylamine groups is 1. The molecule has 10 heteroatoms. The third-order valence-electron chi connectivity index (χ3n) is 11.0. The zero-order valence-electron chi connectivity index (χ0n) is 25.0. The lowest BCUT2D eigenvalue weighted by Crippen LogP contribution is -2.44. The summed E-state index contributed by atoms with van der Waals surface area (Å²) in [4.78, 5) is 21.1. The van der Waals surface area contributed by atoms with Gasteiger partial charge in [0.2, 0.25) is 15.8 Å². The molecule has 2 aromatic rings. The second-order valence-electron chi connectivity index (χ2n) is 13.8. The Morgan fingerprint density at radius 1 is 1.15 bits per heavy atom. The highest BCUT2D eigenvalue weighted by atomic mass is 32.2. The van der Waals surface area contributed by atoms with Gasteiger partial charge in [-0.1, -0.05) is 47.7 Å². The Hall–Kier alpha value is -2.04. The van der Waals surface area contributed by atoms with E-state index in [-0.39, 0.29) is 33.4 Å². The van der Waals surface area contributed by atoms with Gasteiger partial charge in [0.1, 0.15) is 0 Å². The minimum Gasteiger partial charge on any atom is -0.406 e. The number of carbonyl (C=O) groups is 1. The average Bonchev–Trinajstić information content (AvgIpc) is 3.49. The number of carbonyl (C=O) groups excluding carboxylic acids is 1. The molecule has 3 atom stereocenters. The van der Waals surface area contributed by atoms with E-state index in [0.29, 0.717) is 24.8 Å². The fraction of sp³-hybridized carbons (Fsp3) is 0.690. The molecular formula is C29H45N3O5SSi. The van der Waals surface area contributed by atoms with Crippen LogP contribution in [-0.2, 0) is 10.0 Å². The quantitative estimate of drug-likeness (QED) is 0.369. The van der Waals surface area contributed by atoms with Gasteiger partial charge in [0, 0.05) is 29.4 Å². The monoisotopic (exact) mass is 575 g/mol. The Bertz CT molecular complexity index is 1410. The van der Waals surface area contributed by atoms with Crippen molar-refractivity contribution in [1.29, 1.82) is 0 Å². The van der Waals surface area contributed by atoms with E-state index < -0.39 is 24.4 Å². The van der Waals surface area contributed by atoms with E-state index in [1.165, 1.54) is 4.47 Å². The lowest BCUT2D eigenvalue weighted by molar-refractivity contribution is -0.0376. The summed E-state index contributed by atoms with van der Waals surface area (Å²) in [6, 6.07) is 5.48. The number of amides is 1. The lowest BCUT2D eigenvalue weighted by atomic mass is 9.69. The van der Waals surface area contributed by atoms with Crippen molar-refractivity contribution >= 4 is 35.3 Å². The van der Waals surface area contributed by atoms with Gasteiger partial charge in [-0.15, -0.1) is 0 Å². The van der Waals surface area contributed by atoms with Crippen molar-refractivity contribution in [2.75, 3.05) is 18.8 Å². The zero-order valence-corrected chi connectivity index (χ0v) is 26.8. The summed E-state index contributed by atoms with van der Waals surface area (Å²) in [5, 5.41) is 0.830. The van der Waals surface area contributed by atoms with Crippen LogP contribution in [0, 0.1) is 16.7 Å². The first-order valence-electron chi connectivity index (χ1n) is 14.3. The first kappa shape index (κ1) is 28.5. The molecule has 3 fully saturated rings. The lowest BCUT2D eigenvalue weighted by Gasteiger charge is -2.38. The second kappa shape index (κ2) is 8.98. The third-order valence-corrected chi connectivity index (χ3v) is 18.0. The van der Waals surface area contributed by atoms with Gasteiger partial charge in [0.05, 0.1) is 11.8 Å². The molecule has 3 aliphatic rings. The minimum absolute atomic E-state index is 0.0709. The molecule has 5 rings (SSSR count). The molecule has 1 spiro atoms. The van der Waals surface area contributed by atoms with Gasteiger partial charge in [-0.3, -0.25) is 0 Å². The molecule has 1 aliphatic heterocycles. The first-order valence-corrected chi connectivity index (χ1v) is 18.9. The van der Waals surface area contributed by atoms with Crippen molar-refractivity contribution in [2.24, 2.45) is 16.7 Å². The second-order valence-corrected chi connectivity index (χ2v) is 20.7. The predicted octanol–water partition coefficient (Wildman–Crippen LogP) is 6.47. The summed E-state index contributed by atoms with van der Waals surface area (Å²) in [6.07, 6.45) is 4.34. The van der Waals surface area contributed by atoms with E-state index in [2.05, 4.69) is 58.1 Å². The molecule has 2 heterocycles. The Balaban J connectivity index is 1.63. The van der Waals surface area contributed by atoms with Gasteiger partial charge in [-0.25, -0.2) is 13.2 Å². The highest BCUT2D eigenvalue weighted by Crippen LogP contribution is 2.70. The van der Waals surface area contributed by atoms with Crippen LogP contribution in [0.3, 0.4) is 0 Å². The first-order chi connectivity index (χ1) is 18.0. The molecule has 2 aliphatic carbocycles. The van der Waals surface area contributed by atoms with Crippen LogP contribution in [0.1, 0.15) is 67.7 Å². The van der Waals surface area contributed by atoms with Crippen LogP contribution in [-0.4, -0.2) is 61.2 Å². The maximum Gasteiger partial charge on any atom is 0.415 e. The molecule has 1 unspecified atom stereocenters. The number of rotatable bonds is 6. The van der Waals surface area contributed by atoms with Gasteiger partial charge >= 0.3 is 6.09 Å². The number of ether oxygens (including phenoxy) is 1. The fourth-order valence-corrected chi connectivity index (χ4v) is 11.6. The molecule has 39 heavy (non-hydrogen) atoms. The van der Waals surface area contributed by atoms with Crippen LogP contribution in [0.5, 0.6) is 11.5 Å². The highest BCUT2D eigenvalue weighted by Gasteiger charge is 2.72.